The van der Waals surface area contributed by atoms with E-state index in [4.69, 9.17) is 10.3 Å². The van der Waals surface area contributed by atoms with Crippen LogP contribution in [0.3, 0.4) is 0 Å². The van der Waals surface area contributed by atoms with Gasteiger partial charge in [-0.15, -0.1) is 0 Å². The van der Waals surface area contributed by atoms with Crippen molar-refractivity contribution in [3.63, 3.8) is 0 Å². The standard InChI is InChI=1S/C22H45N3O3/c1-3-5-7-8-9-10-11-12-13-14-15-16-17-21(28-18-6-4-2)22(27)20(19-26)24-25-23/h20-22,26-27H,3-19H2,1-2H3/t20-,21+,22-/m0/s1. The van der Waals surface area contributed by atoms with E-state index in [1.54, 1.807) is 0 Å². The summed E-state index contributed by atoms with van der Waals surface area (Å²) in [7, 11) is 0. The molecule has 0 aliphatic heterocycles. The highest BCUT2D eigenvalue weighted by Crippen LogP contribution is 2.18. The van der Waals surface area contributed by atoms with Crippen LogP contribution in [0.25, 0.3) is 10.4 Å². The lowest BCUT2D eigenvalue weighted by molar-refractivity contribution is -0.0587. The van der Waals surface area contributed by atoms with Gasteiger partial charge in [-0.2, -0.15) is 0 Å². The lowest BCUT2D eigenvalue weighted by Crippen LogP contribution is -2.40. The molecule has 166 valence electrons. The molecule has 0 aromatic carbocycles. The summed E-state index contributed by atoms with van der Waals surface area (Å²) in [4.78, 5) is 2.72. The van der Waals surface area contributed by atoms with Crippen LogP contribution in [0.2, 0.25) is 0 Å². The summed E-state index contributed by atoms with van der Waals surface area (Å²) in [6, 6.07) is -0.839. The average Bonchev–Trinajstić information content (AvgIpc) is 2.71. The van der Waals surface area contributed by atoms with Crippen LogP contribution in [0, 0.1) is 0 Å². The van der Waals surface area contributed by atoms with E-state index in [2.05, 4.69) is 23.9 Å². The lowest BCUT2D eigenvalue weighted by Gasteiger charge is -2.26. The Labute approximate surface area is 172 Å². The summed E-state index contributed by atoms with van der Waals surface area (Å²) >= 11 is 0. The van der Waals surface area contributed by atoms with Gasteiger partial charge in [0.1, 0.15) is 0 Å². The zero-order valence-corrected chi connectivity index (χ0v) is 18.4. The number of aliphatic hydroxyl groups is 2. The van der Waals surface area contributed by atoms with Gasteiger partial charge in [-0.25, -0.2) is 0 Å². The molecule has 0 spiro atoms. The first-order chi connectivity index (χ1) is 13.7. The van der Waals surface area contributed by atoms with Crippen LogP contribution < -0.4 is 0 Å². The minimum absolute atomic E-state index is 0.364. The van der Waals surface area contributed by atoms with E-state index in [0.29, 0.717) is 6.61 Å². The lowest BCUT2D eigenvalue weighted by atomic mass is 9.99. The summed E-state index contributed by atoms with van der Waals surface area (Å²) in [5, 5.41) is 23.3. The van der Waals surface area contributed by atoms with E-state index in [0.717, 1.165) is 32.1 Å². The third kappa shape index (κ3) is 15.2. The largest absolute Gasteiger partial charge is 0.396 e. The maximum Gasteiger partial charge on any atom is 0.0908 e. The Morgan fingerprint density at radius 3 is 1.79 bits per heavy atom. The molecule has 0 amide bonds. The molecule has 0 radical (unpaired) electrons. The van der Waals surface area contributed by atoms with Crippen molar-refractivity contribution in [3.8, 4) is 0 Å². The van der Waals surface area contributed by atoms with E-state index in [9.17, 15) is 10.2 Å². The molecule has 0 aliphatic rings. The Balaban J connectivity index is 3.93. The molecule has 2 N–H and O–H groups in total. The summed E-state index contributed by atoms with van der Waals surface area (Å²) in [6.07, 6.45) is 16.8. The normalized spacial score (nSPS) is 14.4. The van der Waals surface area contributed by atoms with Crippen LogP contribution in [-0.2, 0) is 4.74 Å². The molecule has 0 rings (SSSR count). The van der Waals surface area contributed by atoms with Crippen LogP contribution in [0.4, 0.5) is 0 Å². The highest BCUT2D eigenvalue weighted by atomic mass is 16.5. The number of nitrogens with zero attached hydrogens (tertiary/aromatic N) is 3. The maximum atomic E-state index is 10.4. The number of hydrogen-bond donors (Lipinski definition) is 2. The Morgan fingerprint density at radius 2 is 1.32 bits per heavy atom. The van der Waals surface area contributed by atoms with Gasteiger partial charge in [-0.3, -0.25) is 0 Å². The predicted octanol–water partition coefficient (Wildman–Crippen LogP) is 6.30. The second-order valence-corrected chi connectivity index (χ2v) is 7.89. The van der Waals surface area contributed by atoms with Crippen molar-refractivity contribution >= 4 is 0 Å². The Morgan fingerprint density at radius 1 is 0.821 bits per heavy atom. The van der Waals surface area contributed by atoms with Gasteiger partial charge in [0.25, 0.3) is 0 Å². The monoisotopic (exact) mass is 399 g/mol. The zero-order chi connectivity index (χ0) is 20.9. The van der Waals surface area contributed by atoms with Gasteiger partial charge < -0.3 is 14.9 Å². The second-order valence-electron chi connectivity index (χ2n) is 7.89. The second kappa shape index (κ2) is 20.9. The molecular formula is C22H45N3O3. The Kier molecular flexibility index (Phi) is 20.3. The highest BCUT2D eigenvalue weighted by molar-refractivity contribution is 4.82. The third-order valence-electron chi connectivity index (χ3n) is 5.33. The van der Waals surface area contributed by atoms with Crippen molar-refractivity contribution in [3.05, 3.63) is 10.4 Å². The fourth-order valence-corrected chi connectivity index (χ4v) is 3.45. The highest BCUT2D eigenvalue weighted by Gasteiger charge is 2.27. The van der Waals surface area contributed by atoms with Crippen molar-refractivity contribution in [2.24, 2.45) is 5.11 Å². The van der Waals surface area contributed by atoms with E-state index >= 15 is 0 Å². The van der Waals surface area contributed by atoms with Crippen LogP contribution in [0.1, 0.15) is 110 Å². The molecule has 0 saturated heterocycles. The predicted molar refractivity (Wildman–Crippen MR) is 116 cm³/mol. The molecule has 6 heteroatoms. The first-order valence-electron chi connectivity index (χ1n) is 11.7. The van der Waals surface area contributed by atoms with Crippen molar-refractivity contribution in [2.45, 2.75) is 128 Å². The molecule has 0 saturated carbocycles. The van der Waals surface area contributed by atoms with E-state index in [1.165, 1.54) is 64.2 Å². The van der Waals surface area contributed by atoms with E-state index in [-0.39, 0.29) is 12.7 Å². The van der Waals surface area contributed by atoms with Gasteiger partial charge in [-0.1, -0.05) is 102 Å². The number of hydrogen-bond acceptors (Lipinski definition) is 4. The molecule has 0 bridgehead atoms. The van der Waals surface area contributed by atoms with Gasteiger partial charge >= 0.3 is 0 Å². The first kappa shape index (κ1) is 27.2. The SMILES string of the molecule is CCCCCCCCCCCCCC[C@@H](OCCCC)[C@@H](O)[C@H](CO)N=[N+]=[N-]. The topological polar surface area (TPSA) is 98.5 Å². The van der Waals surface area contributed by atoms with Crippen molar-refractivity contribution in [1.82, 2.24) is 0 Å². The fraction of sp³-hybridized carbons (Fsp3) is 1.00. The molecule has 0 aromatic rings. The first-order valence-corrected chi connectivity index (χ1v) is 11.7. The third-order valence-corrected chi connectivity index (χ3v) is 5.33. The molecule has 3 atom stereocenters. The molecule has 0 fully saturated rings. The molecule has 0 aromatic heterocycles. The van der Waals surface area contributed by atoms with Gasteiger partial charge in [0.05, 0.1) is 24.9 Å². The Bertz CT molecular complexity index is 376. The summed E-state index contributed by atoms with van der Waals surface area (Å²) in [5.41, 5.74) is 8.60. The molecule has 0 unspecified atom stereocenters. The number of rotatable bonds is 21. The summed E-state index contributed by atoms with van der Waals surface area (Å²) in [6.45, 7) is 4.57. The quantitative estimate of drug-likeness (QED) is 0.103. The van der Waals surface area contributed by atoms with Crippen molar-refractivity contribution in [1.29, 1.82) is 0 Å². The van der Waals surface area contributed by atoms with Gasteiger partial charge in [-0.05, 0) is 18.4 Å². The van der Waals surface area contributed by atoms with E-state index in [1.807, 2.05) is 0 Å². The minimum Gasteiger partial charge on any atom is -0.396 e. The number of azide groups is 1. The number of aliphatic hydroxyl groups excluding tert-OH is 2. The summed E-state index contributed by atoms with van der Waals surface area (Å²) < 4.78 is 5.83. The number of ether oxygens (including phenoxy) is 1. The maximum absolute atomic E-state index is 10.4. The molecule has 6 nitrogen and oxygen atoms in total. The average molecular weight is 400 g/mol. The van der Waals surface area contributed by atoms with E-state index < -0.39 is 12.1 Å². The van der Waals surface area contributed by atoms with Gasteiger partial charge in [0.15, 0.2) is 0 Å². The van der Waals surface area contributed by atoms with Crippen LogP contribution in [0.15, 0.2) is 5.11 Å². The van der Waals surface area contributed by atoms with Crippen LogP contribution in [-0.4, -0.2) is 41.7 Å². The smallest absolute Gasteiger partial charge is 0.0908 e. The molecular weight excluding hydrogens is 354 g/mol. The van der Waals surface area contributed by atoms with Gasteiger partial charge in [0.2, 0.25) is 0 Å². The minimum atomic E-state index is -0.953. The van der Waals surface area contributed by atoms with Crippen molar-refractivity contribution < 1.29 is 14.9 Å². The number of unbranched alkanes of at least 4 members (excludes halogenated alkanes) is 12. The Hall–Kier alpha value is -0.810. The van der Waals surface area contributed by atoms with Crippen molar-refractivity contribution in [2.75, 3.05) is 13.2 Å². The summed E-state index contributed by atoms with van der Waals surface area (Å²) in [5.74, 6) is 0. The molecule has 28 heavy (non-hydrogen) atoms. The molecule has 0 heterocycles. The van der Waals surface area contributed by atoms with Gasteiger partial charge in [0, 0.05) is 11.5 Å². The zero-order valence-electron chi connectivity index (χ0n) is 18.4. The molecule has 0 aliphatic carbocycles. The fourth-order valence-electron chi connectivity index (χ4n) is 3.45. The van der Waals surface area contributed by atoms with Crippen LogP contribution >= 0.6 is 0 Å². The van der Waals surface area contributed by atoms with Crippen LogP contribution in [0.5, 0.6) is 0 Å².